The van der Waals surface area contributed by atoms with Gasteiger partial charge in [-0.1, -0.05) is 15.9 Å². The van der Waals surface area contributed by atoms with E-state index in [2.05, 4.69) is 26.6 Å². The van der Waals surface area contributed by atoms with E-state index in [4.69, 9.17) is 4.74 Å². The van der Waals surface area contributed by atoms with Crippen LogP contribution in [0.2, 0.25) is 0 Å². The van der Waals surface area contributed by atoms with Gasteiger partial charge in [0.2, 0.25) is 5.91 Å². The molecule has 0 aromatic heterocycles. The maximum atomic E-state index is 11.8. The van der Waals surface area contributed by atoms with Gasteiger partial charge in [0.1, 0.15) is 5.60 Å². The van der Waals surface area contributed by atoms with Gasteiger partial charge in [-0.25, -0.2) is 4.79 Å². The molecule has 6 heteroatoms. The summed E-state index contributed by atoms with van der Waals surface area (Å²) < 4.78 is 5.26. The summed E-state index contributed by atoms with van der Waals surface area (Å²) in [6.07, 6.45) is 5.77. The van der Waals surface area contributed by atoms with Crippen molar-refractivity contribution in [1.82, 2.24) is 10.6 Å². The van der Waals surface area contributed by atoms with E-state index in [-0.39, 0.29) is 24.1 Å². The van der Waals surface area contributed by atoms with Crippen LogP contribution in [-0.2, 0) is 9.53 Å². The Morgan fingerprint density at radius 2 is 1.59 bits per heavy atom. The van der Waals surface area contributed by atoms with Gasteiger partial charge in [0.05, 0.1) is 0 Å². The number of carbonyl (C=O) groups is 2. The quantitative estimate of drug-likeness (QED) is 0.550. The number of amides is 2. The number of halogens is 1. The molecule has 5 nitrogen and oxygen atoms in total. The monoisotopic (exact) mass is 376 g/mol. The molecule has 0 spiro atoms. The van der Waals surface area contributed by atoms with Gasteiger partial charge < -0.3 is 15.4 Å². The largest absolute Gasteiger partial charge is 0.444 e. The average molecular weight is 377 g/mol. The molecule has 1 saturated carbocycles. The second-order valence-corrected chi connectivity index (χ2v) is 7.70. The van der Waals surface area contributed by atoms with Crippen molar-refractivity contribution >= 4 is 27.9 Å². The number of ether oxygens (including phenoxy) is 1. The van der Waals surface area contributed by atoms with E-state index in [9.17, 15) is 9.59 Å². The molecule has 0 bridgehead atoms. The molecular weight excluding hydrogens is 348 g/mol. The third-order valence-corrected chi connectivity index (χ3v) is 4.16. The van der Waals surface area contributed by atoms with Crippen molar-refractivity contribution in [2.45, 2.75) is 83.4 Å². The van der Waals surface area contributed by atoms with Crippen molar-refractivity contribution in [1.29, 1.82) is 0 Å². The molecule has 0 unspecified atom stereocenters. The van der Waals surface area contributed by atoms with Crippen molar-refractivity contribution in [3.05, 3.63) is 0 Å². The summed E-state index contributed by atoms with van der Waals surface area (Å²) in [7, 11) is 0. The Balaban J connectivity index is 2.20. The minimum Gasteiger partial charge on any atom is -0.444 e. The number of nitrogens with one attached hydrogen (secondary N) is 2. The van der Waals surface area contributed by atoms with E-state index >= 15 is 0 Å². The van der Waals surface area contributed by atoms with Crippen LogP contribution in [0, 0.1) is 0 Å². The van der Waals surface area contributed by atoms with E-state index in [1.54, 1.807) is 0 Å². The summed E-state index contributed by atoms with van der Waals surface area (Å²) in [6, 6.07) is 0.393. The van der Waals surface area contributed by atoms with Gasteiger partial charge >= 0.3 is 6.09 Å². The number of hydrogen-bond donors (Lipinski definition) is 2. The molecule has 0 aromatic rings. The second-order valence-electron chi connectivity index (χ2n) is 6.91. The predicted molar refractivity (Wildman–Crippen MR) is 91.2 cm³/mol. The zero-order chi connectivity index (χ0) is 16.6. The third-order valence-electron chi connectivity index (χ3n) is 3.60. The fourth-order valence-corrected chi connectivity index (χ4v) is 2.93. The standard InChI is InChI=1S/C16H29BrN2O3/c1-16(2,3)22-15(21)19-13-9-7-12(8-10-13)18-14(20)6-4-5-11-17/h12-13H,4-11H2,1-3H3,(H,18,20)(H,19,21). The number of hydrogen-bond acceptors (Lipinski definition) is 3. The van der Waals surface area contributed by atoms with E-state index in [1.165, 1.54) is 0 Å². The van der Waals surface area contributed by atoms with Gasteiger partial charge in [-0.2, -0.15) is 0 Å². The lowest BCUT2D eigenvalue weighted by Crippen LogP contribution is -2.45. The molecular formula is C16H29BrN2O3. The first kappa shape index (κ1) is 19.3. The number of alkyl halides is 1. The van der Waals surface area contributed by atoms with E-state index in [0.717, 1.165) is 43.9 Å². The molecule has 1 fully saturated rings. The Bertz CT molecular complexity index is 361. The minimum atomic E-state index is -0.468. The average Bonchev–Trinajstić information content (AvgIpc) is 2.39. The van der Waals surface area contributed by atoms with Crippen molar-refractivity contribution in [2.24, 2.45) is 0 Å². The molecule has 0 heterocycles. The summed E-state index contributed by atoms with van der Waals surface area (Å²) in [5, 5.41) is 6.95. The number of unbranched alkanes of at least 4 members (excludes halogenated alkanes) is 1. The van der Waals surface area contributed by atoms with Crippen LogP contribution in [0.3, 0.4) is 0 Å². The number of alkyl carbamates (subject to hydrolysis) is 1. The van der Waals surface area contributed by atoms with Gasteiger partial charge in [-0.05, 0) is 59.3 Å². The molecule has 0 aliphatic heterocycles. The van der Waals surface area contributed by atoms with Crippen LogP contribution in [0.15, 0.2) is 0 Å². The second kappa shape index (κ2) is 9.38. The number of carbonyl (C=O) groups excluding carboxylic acids is 2. The summed E-state index contributed by atoms with van der Waals surface area (Å²) in [5.74, 6) is 0.143. The Kier molecular flexibility index (Phi) is 8.21. The van der Waals surface area contributed by atoms with Crippen LogP contribution in [0.1, 0.15) is 65.7 Å². The van der Waals surface area contributed by atoms with Crippen LogP contribution in [0.25, 0.3) is 0 Å². The molecule has 1 rings (SSSR count). The van der Waals surface area contributed by atoms with Gasteiger partial charge in [0, 0.05) is 23.8 Å². The van der Waals surface area contributed by atoms with Crippen molar-refractivity contribution in [3.63, 3.8) is 0 Å². The minimum absolute atomic E-state index is 0.143. The van der Waals surface area contributed by atoms with Crippen molar-refractivity contribution in [2.75, 3.05) is 5.33 Å². The van der Waals surface area contributed by atoms with Crippen LogP contribution in [0.4, 0.5) is 4.79 Å². The molecule has 2 N–H and O–H groups in total. The lowest BCUT2D eigenvalue weighted by atomic mass is 9.91. The van der Waals surface area contributed by atoms with E-state index in [0.29, 0.717) is 6.42 Å². The lowest BCUT2D eigenvalue weighted by molar-refractivity contribution is -0.122. The predicted octanol–water partition coefficient (Wildman–Crippen LogP) is 3.50. The SMILES string of the molecule is CC(C)(C)OC(=O)NC1CCC(NC(=O)CCCCBr)CC1. The van der Waals surface area contributed by atoms with Gasteiger partial charge in [-0.3, -0.25) is 4.79 Å². The molecule has 0 aromatic carbocycles. The summed E-state index contributed by atoms with van der Waals surface area (Å²) in [4.78, 5) is 23.5. The van der Waals surface area contributed by atoms with Crippen LogP contribution < -0.4 is 10.6 Å². The molecule has 1 aliphatic rings. The van der Waals surface area contributed by atoms with E-state index in [1.807, 2.05) is 20.8 Å². The summed E-state index contributed by atoms with van der Waals surface area (Å²) in [6.45, 7) is 5.57. The topological polar surface area (TPSA) is 67.4 Å². The van der Waals surface area contributed by atoms with Crippen LogP contribution >= 0.6 is 15.9 Å². The third kappa shape index (κ3) is 8.61. The Labute approximate surface area is 142 Å². The highest BCUT2D eigenvalue weighted by Crippen LogP contribution is 2.19. The van der Waals surface area contributed by atoms with Gasteiger partial charge in [-0.15, -0.1) is 0 Å². The Hall–Kier alpha value is -0.780. The smallest absolute Gasteiger partial charge is 0.407 e. The Morgan fingerprint density at radius 1 is 1.05 bits per heavy atom. The first-order chi connectivity index (χ1) is 10.3. The first-order valence-corrected chi connectivity index (χ1v) is 9.27. The zero-order valence-electron chi connectivity index (χ0n) is 13.9. The van der Waals surface area contributed by atoms with E-state index < -0.39 is 5.60 Å². The fraction of sp³-hybridized carbons (Fsp3) is 0.875. The highest BCUT2D eigenvalue weighted by Gasteiger charge is 2.25. The fourth-order valence-electron chi connectivity index (χ4n) is 2.54. The molecule has 0 atom stereocenters. The van der Waals surface area contributed by atoms with Crippen molar-refractivity contribution in [3.8, 4) is 0 Å². The summed E-state index contributed by atoms with van der Waals surface area (Å²) >= 11 is 3.37. The van der Waals surface area contributed by atoms with Gasteiger partial charge in [0.15, 0.2) is 0 Å². The van der Waals surface area contributed by atoms with Crippen LogP contribution in [0.5, 0.6) is 0 Å². The highest BCUT2D eigenvalue weighted by atomic mass is 79.9. The molecule has 2 amide bonds. The maximum Gasteiger partial charge on any atom is 0.407 e. The lowest BCUT2D eigenvalue weighted by Gasteiger charge is -2.30. The number of rotatable bonds is 6. The first-order valence-electron chi connectivity index (χ1n) is 8.15. The maximum absolute atomic E-state index is 11.8. The van der Waals surface area contributed by atoms with Crippen LogP contribution in [-0.4, -0.2) is 35.0 Å². The molecule has 0 radical (unpaired) electrons. The molecule has 22 heavy (non-hydrogen) atoms. The van der Waals surface area contributed by atoms with Crippen molar-refractivity contribution < 1.29 is 14.3 Å². The summed E-state index contributed by atoms with van der Waals surface area (Å²) in [5.41, 5.74) is -0.468. The Morgan fingerprint density at radius 3 is 2.09 bits per heavy atom. The van der Waals surface area contributed by atoms with Gasteiger partial charge in [0.25, 0.3) is 0 Å². The highest BCUT2D eigenvalue weighted by molar-refractivity contribution is 9.09. The molecule has 0 saturated heterocycles. The molecule has 1 aliphatic carbocycles. The normalized spacial score (nSPS) is 22.0. The molecule has 128 valence electrons. The zero-order valence-corrected chi connectivity index (χ0v) is 15.5.